The number of nitrogens with zero attached hydrogens (tertiary/aromatic N) is 1. The van der Waals surface area contributed by atoms with Gasteiger partial charge in [0.05, 0.1) is 16.3 Å². The van der Waals surface area contributed by atoms with Gasteiger partial charge in [-0.2, -0.15) is 4.37 Å². The zero-order valence-electron chi connectivity index (χ0n) is 8.95. The standard InChI is InChI=1S/C11H11ClN2OS/c1-6(11(15)13-2)10-8-4-3-7(12)5-9(8)16-14-10/h3-6H,1-2H3,(H,13,15). The van der Waals surface area contributed by atoms with E-state index >= 15 is 0 Å². The predicted molar refractivity (Wildman–Crippen MR) is 67.1 cm³/mol. The molecule has 1 amide bonds. The number of hydrogen-bond donors (Lipinski definition) is 1. The molecule has 3 nitrogen and oxygen atoms in total. The van der Waals surface area contributed by atoms with Crippen LogP contribution in [0.1, 0.15) is 18.5 Å². The minimum absolute atomic E-state index is 0.0258. The first-order valence-corrected chi connectivity index (χ1v) is 6.05. The fourth-order valence-corrected chi connectivity index (χ4v) is 2.72. The average molecular weight is 255 g/mol. The molecule has 0 aliphatic carbocycles. The molecule has 0 saturated heterocycles. The van der Waals surface area contributed by atoms with Gasteiger partial charge in [0.2, 0.25) is 5.91 Å². The third kappa shape index (κ3) is 1.90. The molecule has 84 valence electrons. The highest BCUT2D eigenvalue weighted by Gasteiger charge is 2.19. The molecule has 5 heteroatoms. The number of carbonyl (C=O) groups excluding carboxylic acids is 1. The number of amides is 1. The molecule has 0 aliphatic heterocycles. The van der Waals surface area contributed by atoms with Crippen LogP contribution in [0, 0.1) is 0 Å². The van der Waals surface area contributed by atoms with Crippen LogP contribution in [0.15, 0.2) is 18.2 Å². The van der Waals surface area contributed by atoms with E-state index in [0.717, 1.165) is 15.8 Å². The van der Waals surface area contributed by atoms with Gasteiger partial charge in [0.25, 0.3) is 0 Å². The van der Waals surface area contributed by atoms with Crippen LogP contribution in [0.5, 0.6) is 0 Å². The number of hydrogen-bond acceptors (Lipinski definition) is 3. The Morgan fingerprint density at radius 1 is 1.56 bits per heavy atom. The summed E-state index contributed by atoms with van der Waals surface area (Å²) in [6.45, 7) is 1.85. The first kappa shape index (κ1) is 11.4. The Morgan fingerprint density at radius 2 is 2.31 bits per heavy atom. The second-order valence-corrected chi connectivity index (χ2v) is 4.79. The summed E-state index contributed by atoms with van der Waals surface area (Å²) in [6.07, 6.45) is 0. The van der Waals surface area contributed by atoms with E-state index in [9.17, 15) is 4.79 Å². The van der Waals surface area contributed by atoms with E-state index < -0.39 is 0 Å². The summed E-state index contributed by atoms with van der Waals surface area (Å²) >= 11 is 7.27. The Bertz CT molecular complexity index is 538. The van der Waals surface area contributed by atoms with Gasteiger partial charge in [-0.25, -0.2) is 0 Å². The summed E-state index contributed by atoms with van der Waals surface area (Å²) in [5.41, 5.74) is 0.816. The zero-order chi connectivity index (χ0) is 11.7. The number of carbonyl (C=O) groups is 1. The van der Waals surface area contributed by atoms with Gasteiger partial charge in [0, 0.05) is 17.5 Å². The average Bonchev–Trinajstić information content (AvgIpc) is 2.69. The normalized spacial score (nSPS) is 12.7. The maximum absolute atomic E-state index is 11.5. The zero-order valence-corrected chi connectivity index (χ0v) is 10.5. The Hall–Kier alpha value is -1.13. The van der Waals surface area contributed by atoms with Crippen molar-refractivity contribution < 1.29 is 4.79 Å². The van der Waals surface area contributed by atoms with Crippen LogP contribution in [-0.2, 0) is 4.79 Å². The largest absolute Gasteiger partial charge is 0.359 e. The minimum Gasteiger partial charge on any atom is -0.359 e. The number of aromatic nitrogens is 1. The summed E-state index contributed by atoms with van der Waals surface area (Å²) in [6, 6.07) is 5.60. The molecule has 0 fully saturated rings. The molecule has 1 unspecified atom stereocenters. The summed E-state index contributed by atoms with van der Waals surface area (Å²) in [5, 5.41) is 4.32. The monoisotopic (exact) mass is 254 g/mol. The molecule has 2 aromatic rings. The van der Waals surface area contributed by atoms with Crippen molar-refractivity contribution in [2.75, 3.05) is 7.05 Å². The van der Waals surface area contributed by atoms with Crippen LogP contribution >= 0.6 is 23.1 Å². The first-order chi connectivity index (χ1) is 7.63. The lowest BCUT2D eigenvalue weighted by Gasteiger charge is -2.07. The second kappa shape index (κ2) is 4.39. The van der Waals surface area contributed by atoms with Crippen LogP contribution in [0.4, 0.5) is 0 Å². The molecule has 1 heterocycles. The number of benzene rings is 1. The fraction of sp³-hybridized carbons (Fsp3) is 0.273. The van der Waals surface area contributed by atoms with E-state index in [1.807, 2.05) is 25.1 Å². The molecule has 2 rings (SSSR count). The summed E-state index contributed by atoms with van der Waals surface area (Å²) < 4.78 is 5.34. The fourth-order valence-electron chi connectivity index (χ4n) is 1.58. The third-order valence-electron chi connectivity index (χ3n) is 2.51. The van der Waals surface area contributed by atoms with Crippen molar-refractivity contribution in [1.29, 1.82) is 0 Å². The molecule has 1 aromatic heterocycles. The van der Waals surface area contributed by atoms with Crippen LogP contribution in [0.25, 0.3) is 10.1 Å². The Balaban J connectivity index is 2.50. The number of rotatable bonds is 2. The smallest absolute Gasteiger partial charge is 0.228 e. The van der Waals surface area contributed by atoms with Crippen LogP contribution in [0.2, 0.25) is 5.02 Å². The molecule has 0 aliphatic rings. The van der Waals surface area contributed by atoms with Gasteiger partial charge in [-0.3, -0.25) is 4.79 Å². The second-order valence-electron chi connectivity index (χ2n) is 3.54. The van der Waals surface area contributed by atoms with Gasteiger partial charge in [0.15, 0.2) is 0 Å². The molecule has 16 heavy (non-hydrogen) atoms. The van der Waals surface area contributed by atoms with Crippen molar-refractivity contribution in [2.45, 2.75) is 12.8 Å². The minimum atomic E-state index is -0.236. The molecular formula is C11H11ClN2OS. The van der Waals surface area contributed by atoms with Gasteiger partial charge in [-0.1, -0.05) is 17.7 Å². The Morgan fingerprint density at radius 3 is 3.00 bits per heavy atom. The molecular weight excluding hydrogens is 244 g/mol. The van der Waals surface area contributed by atoms with Gasteiger partial charge in [0.1, 0.15) is 0 Å². The molecule has 0 saturated carbocycles. The van der Waals surface area contributed by atoms with Crippen molar-refractivity contribution in [2.24, 2.45) is 0 Å². The van der Waals surface area contributed by atoms with E-state index in [1.54, 1.807) is 7.05 Å². The first-order valence-electron chi connectivity index (χ1n) is 4.90. The van der Waals surface area contributed by atoms with Gasteiger partial charge in [-0.05, 0) is 30.6 Å². The summed E-state index contributed by atoms with van der Waals surface area (Å²) in [5.74, 6) is -0.262. The Labute approximate surface area is 103 Å². The molecule has 0 spiro atoms. The van der Waals surface area contributed by atoms with Gasteiger partial charge >= 0.3 is 0 Å². The number of fused-ring (bicyclic) bond motifs is 1. The number of likely N-dealkylation sites (N-methyl/N-ethyl adjacent to an activating group) is 1. The maximum atomic E-state index is 11.5. The molecule has 1 N–H and O–H groups in total. The highest BCUT2D eigenvalue weighted by atomic mass is 35.5. The summed E-state index contributed by atoms with van der Waals surface area (Å²) in [4.78, 5) is 11.5. The van der Waals surface area contributed by atoms with Crippen LogP contribution in [0.3, 0.4) is 0 Å². The molecule has 1 aromatic carbocycles. The third-order valence-corrected chi connectivity index (χ3v) is 3.57. The molecule has 0 bridgehead atoms. The highest BCUT2D eigenvalue weighted by molar-refractivity contribution is 7.13. The lowest BCUT2D eigenvalue weighted by molar-refractivity contribution is -0.121. The highest BCUT2D eigenvalue weighted by Crippen LogP contribution is 2.30. The topological polar surface area (TPSA) is 42.0 Å². The maximum Gasteiger partial charge on any atom is 0.228 e. The number of halogens is 1. The van der Waals surface area contributed by atoms with E-state index in [-0.39, 0.29) is 11.8 Å². The lowest BCUT2D eigenvalue weighted by atomic mass is 10.0. The van der Waals surface area contributed by atoms with Crippen LogP contribution in [-0.4, -0.2) is 17.3 Å². The number of nitrogens with one attached hydrogen (secondary N) is 1. The SMILES string of the molecule is CNC(=O)C(C)c1nsc2cc(Cl)ccc12. The lowest BCUT2D eigenvalue weighted by Crippen LogP contribution is -2.24. The summed E-state index contributed by atoms with van der Waals surface area (Å²) in [7, 11) is 1.63. The molecule has 0 radical (unpaired) electrons. The molecule has 1 atom stereocenters. The Kier molecular flexibility index (Phi) is 3.12. The van der Waals surface area contributed by atoms with Crippen molar-refractivity contribution in [3.63, 3.8) is 0 Å². The van der Waals surface area contributed by atoms with Crippen molar-refractivity contribution >= 4 is 39.1 Å². The van der Waals surface area contributed by atoms with Gasteiger partial charge in [-0.15, -0.1) is 0 Å². The van der Waals surface area contributed by atoms with E-state index in [2.05, 4.69) is 9.69 Å². The quantitative estimate of drug-likeness (QED) is 0.896. The van der Waals surface area contributed by atoms with E-state index in [0.29, 0.717) is 5.02 Å². The van der Waals surface area contributed by atoms with Crippen molar-refractivity contribution in [1.82, 2.24) is 9.69 Å². The van der Waals surface area contributed by atoms with E-state index in [4.69, 9.17) is 11.6 Å². The van der Waals surface area contributed by atoms with Crippen molar-refractivity contribution in [3.8, 4) is 0 Å². The predicted octanol–water partition coefficient (Wildman–Crippen LogP) is 2.80. The van der Waals surface area contributed by atoms with E-state index in [1.165, 1.54) is 11.5 Å². The van der Waals surface area contributed by atoms with Gasteiger partial charge < -0.3 is 5.32 Å². The van der Waals surface area contributed by atoms with Crippen molar-refractivity contribution in [3.05, 3.63) is 28.9 Å². The van der Waals surface area contributed by atoms with Crippen LogP contribution < -0.4 is 5.32 Å².